The number of hydrogen-bond donors (Lipinski definition) is 2. The molecule has 0 aliphatic rings. The molecule has 0 bridgehead atoms. The molecule has 0 amide bonds. The fourth-order valence-electron chi connectivity index (χ4n) is 1.37. The molecule has 0 atom stereocenters. The van der Waals surface area contributed by atoms with E-state index in [0.29, 0.717) is 5.56 Å². The van der Waals surface area contributed by atoms with Crippen molar-refractivity contribution in [2.24, 2.45) is 5.84 Å². The highest BCUT2D eigenvalue weighted by molar-refractivity contribution is 5.46. The maximum atomic E-state index is 10.9. The van der Waals surface area contributed by atoms with Gasteiger partial charge in [-0.25, -0.2) is 10.8 Å². The van der Waals surface area contributed by atoms with Crippen LogP contribution in [0.3, 0.4) is 0 Å². The van der Waals surface area contributed by atoms with Crippen LogP contribution in [0.5, 0.6) is 11.6 Å². The fourth-order valence-corrected chi connectivity index (χ4v) is 1.37. The molecule has 3 N–H and O–H groups in total. The zero-order valence-corrected chi connectivity index (χ0v) is 9.98. The minimum atomic E-state index is -0.677. The highest BCUT2D eigenvalue weighted by Gasteiger charge is 2.19. The highest BCUT2D eigenvalue weighted by atomic mass is 16.6. The number of nitro groups is 1. The van der Waals surface area contributed by atoms with E-state index in [9.17, 15) is 10.1 Å². The predicted molar refractivity (Wildman–Crippen MR) is 67.7 cm³/mol. The molecule has 0 saturated heterocycles. The van der Waals surface area contributed by atoms with Gasteiger partial charge in [-0.3, -0.25) is 15.5 Å². The number of hydrogen-bond acceptors (Lipinski definition) is 8. The Morgan fingerprint density at radius 1 is 1.50 bits per heavy atom. The lowest BCUT2D eigenvalue weighted by atomic mass is 10.2. The Morgan fingerprint density at radius 3 is 2.95 bits per heavy atom. The third-order valence-corrected chi connectivity index (χ3v) is 2.24. The van der Waals surface area contributed by atoms with Gasteiger partial charge in [0, 0.05) is 0 Å². The molecule has 2 rings (SSSR count). The second-order valence-corrected chi connectivity index (χ2v) is 3.53. The Labute approximate surface area is 112 Å². The molecule has 0 aliphatic carbocycles. The minimum absolute atomic E-state index is 0.0259. The highest BCUT2D eigenvalue weighted by Crippen LogP contribution is 2.29. The summed E-state index contributed by atoms with van der Waals surface area (Å²) >= 11 is 0. The summed E-state index contributed by atoms with van der Waals surface area (Å²) in [5.74, 6) is 5.09. The Bertz CT molecular complexity index is 697. The molecule has 1 aromatic carbocycles. The number of nitrogens with zero attached hydrogens (tertiary/aromatic N) is 4. The van der Waals surface area contributed by atoms with E-state index < -0.39 is 10.6 Å². The first kappa shape index (κ1) is 13.2. The van der Waals surface area contributed by atoms with Crippen LogP contribution in [-0.4, -0.2) is 14.9 Å². The molecule has 100 valence electrons. The van der Waals surface area contributed by atoms with Gasteiger partial charge in [0.1, 0.15) is 11.9 Å². The monoisotopic (exact) mass is 272 g/mol. The smallest absolute Gasteiger partial charge is 0.349 e. The average molecular weight is 272 g/mol. The second-order valence-electron chi connectivity index (χ2n) is 3.53. The number of nitrogen functional groups attached to an aromatic ring is 1. The van der Waals surface area contributed by atoms with Gasteiger partial charge in [-0.05, 0) is 18.2 Å². The van der Waals surface area contributed by atoms with Crippen LogP contribution >= 0.6 is 0 Å². The first-order chi connectivity index (χ1) is 9.63. The van der Waals surface area contributed by atoms with Gasteiger partial charge in [0.05, 0.1) is 16.6 Å². The van der Waals surface area contributed by atoms with Crippen molar-refractivity contribution in [1.29, 1.82) is 5.26 Å². The molecule has 0 unspecified atom stereocenters. The van der Waals surface area contributed by atoms with Crippen molar-refractivity contribution in [3.05, 3.63) is 46.1 Å². The first-order valence-corrected chi connectivity index (χ1v) is 5.30. The maximum absolute atomic E-state index is 10.9. The lowest BCUT2D eigenvalue weighted by Gasteiger charge is -2.06. The summed E-state index contributed by atoms with van der Waals surface area (Å²) in [6.07, 6.45) is 0.978. The van der Waals surface area contributed by atoms with E-state index in [0.717, 1.165) is 6.20 Å². The van der Waals surface area contributed by atoms with Crippen LogP contribution in [0, 0.1) is 21.4 Å². The molecule has 1 heterocycles. The van der Waals surface area contributed by atoms with E-state index in [-0.39, 0.29) is 17.6 Å². The number of nitrogens with two attached hydrogens (primary N) is 1. The van der Waals surface area contributed by atoms with Crippen molar-refractivity contribution in [1.82, 2.24) is 9.97 Å². The van der Waals surface area contributed by atoms with E-state index in [1.165, 1.54) is 6.07 Å². The summed E-state index contributed by atoms with van der Waals surface area (Å²) in [5, 5.41) is 19.7. The zero-order valence-electron chi connectivity index (χ0n) is 9.98. The number of nitrogens with one attached hydrogen (secondary N) is 1. The van der Waals surface area contributed by atoms with Gasteiger partial charge in [0.2, 0.25) is 5.95 Å². The number of hydrazine groups is 1. The minimum Gasteiger partial charge on any atom is -0.434 e. The average Bonchev–Trinajstić information content (AvgIpc) is 2.47. The molecular formula is C11H8N6O3. The van der Waals surface area contributed by atoms with Gasteiger partial charge in [-0.15, -0.1) is 0 Å². The van der Waals surface area contributed by atoms with Crippen LogP contribution in [0.1, 0.15) is 5.56 Å². The molecule has 0 spiro atoms. The second kappa shape index (κ2) is 5.59. The Hall–Kier alpha value is -3.25. The van der Waals surface area contributed by atoms with Crippen LogP contribution in [-0.2, 0) is 0 Å². The number of nitriles is 1. The number of rotatable bonds is 4. The molecule has 9 heteroatoms. The summed E-state index contributed by atoms with van der Waals surface area (Å²) in [7, 11) is 0. The molecule has 0 saturated carbocycles. The Morgan fingerprint density at radius 2 is 2.30 bits per heavy atom. The van der Waals surface area contributed by atoms with E-state index in [2.05, 4.69) is 15.4 Å². The summed E-state index contributed by atoms with van der Waals surface area (Å²) in [6.45, 7) is 0. The molecule has 1 aromatic heterocycles. The van der Waals surface area contributed by atoms with E-state index in [4.69, 9.17) is 15.8 Å². The topological polar surface area (TPSA) is 140 Å². The lowest BCUT2D eigenvalue weighted by molar-refractivity contribution is -0.386. The standard InChI is InChI=1S/C11H8N6O3/c12-5-7-2-1-3-8(4-7)20-10-9(17(18)19)6-14-11(15-10)16-13/h1-4,6H,13H2,(H,14,15,16). The SMILES string of the molecule is N#Cc1cccc(Oc2nc(NN)ncc2[N+](=O)[O-])c1. The van der Waals surface area contributed by atoms with E-state index in [1.54, 1.807) is 18.2 Å². The molecular weight excluding hydrogens is 264 g/mol. The molecule has 0 aliphatic heterocycles. The Kier molecular flexibility index (Phi) is 3.69. The van der Waals surface area contributed by atoms with Crippen molar-refractivity contribution in [2.75, 3.05) is 5.43 Å². The van der Waals surface area contributed by atoms with E-state index in [1.807, 2.05) is 6.07 Å². The maximum Gasteiger partial charge on any atom is 0.349 e. The van der Waals surface area contributed by atoms with Gasteiger partial charge in [0.15, 0.2) is 0 Å². The van der Waals surface area contributed by atoms with Gasteiger partial charge in [-0.1, -0.05) is 6.07 Å². The van der Waals surface area contributed by atoms with Crippen LogP contribution in [0.15, 0.2) is 30.5 Å². The molecule has 2 aromatic rings. The van der Waals surface area contributed by atoms with Gasteiger partial charge in [0.25, 0.3) is 0 Å². The molecule has 9 nitrogen and oxygen atoms in total. The molecule has 0 fully saturated rings. The summed E-state index contributed by atoms with van der Waals surface area (Å²) < 4.78 is 5.32. The first-order valence-electron chi connectivity index (χ1n) is 5.30. The van der Waals surface area contributed by atoms with Gasteiger partial charge < -0.3 is 4.74 Å². The van der Waals surface area contributed by atoms with Crippen LogP contribution < -0.4 is 16.0 Å². The van der Waals surface area contributed by atoms with Crippen LogP contribution in [0.4, 0.5) is 11.6 Å². The number of benzene rings is 1. The number of anilines is 1. The van der Waals surface area contributed by atoms with Crippen molar-refractivity contribution in [2.45, 2.75) is 0 Å². The van der Waals surface area contributed by atoms with Crippen molar-refractivity contribution in [3.8, 4) is 17.7 Å². The third-order valence-electron chi connectivity index (χ3n) is 2.24. The van der Waals surface area contributed by atoms with Gasteiger partial charge >= 0.3 is 11.6 Å². The largest absolute Gasteiger partial charge is 0.434 e. The third kappa shape index (κ3) is 2.77. The quantitative estimate of drug-likeness (QED) is 0.482. The predicted octanol–water partition coefficient (Wildman–Crippen LogP) is 1.33. The number of ether oxygens (including phenoxy) is 1. The van der Waals surface area contributed by atoms with Crippen LogP contribution in [0.25, 0.3) is 0 Å². The van der Waals surface area contributed by atoms with Crippen molar-refractivity contribution >= 4 is 11.6 Å². The summed E-state index contributed by atoms with van der Waals surface area (Å²) in [4.78, 5) is 17.6. The summed E-state index contributed by atoms with van der Waals surface area (Å²) in [5.41, 5.74) is 2.11. The number of aromatic nitrogens is 2. The van der Waals surface area contributed by atoms with E-state index >= 15 is 0 Å². The van der Waals surface area contributed by atoms with Crippen molar-refractivity contribution in [3.63, 3.8) is 0 Å². The summed E-state index contributed by atoms with van der Waals surface area (Å²) in [6, 6.07) is 8.07. The molecule has 20 heavy (non-hydrogen) atoms. The lowest BCUT2D eigenvalue weighted by Crippen LogP contribution is -2.11. The normalized spacial score (nSPS) is 9.60. The van der Waals surface area contributed by atoms with Crippen molar-refractivity contribution < 1.29 is 9.66 Å². The Balaban J connectivity index is 2.40. The zero-order chi connectivity index (χ0) is 14.5. The van der Waals surface area contributed by atoms with Crippen LogP contribution in [0.2, 0.25) is 0 Å². The fraction of sp³-hybridized carbons (Fsp3) is 0. The van der Waals surface area contributed by atoms with Gasteiger partial charge in [-0.2, -0.15) is 10.2 Å². The molecule has 0 radical (unpaired) electrons.